The van der Waals surface area contributed by atoms with E-state index in [9.17, 15) is 14.4 Å². The predicted octanol–water partition coefficient (Wildman–Crippen LogP) is 1.27. The van der Waals surface area contributed by atoms with Crippen molar-refractivity contribution < 1.29 is 23.9 Å². The van der Waals surface area contributed by atoms with Crippen LogP contribution in [0.5, 0.6) is 0 Å². The summed E-state index contributed by atoms with van der Waals surface area (Å²) >= 11 is 0. The van der Waals surface area contributed by atoms with Crippen molar-refractivity contribution in [2.45, 2.75) is 13.3 Å². The Labute approximate surface area is 138 Å². The van der Waals surface area contributed by atoms with Gasteiger partial charge in [0.2, 0.25) is 0 Å². The second-order valence-corrected chi connectivity index (χ2v) is 4.89. The van der Waals surface area contributed by atoms with Gasteiger partial charge >= 0.3 is 11.9 Å². The van der Waals surface area contributed by atoms with E-state index in [1.165, 1.54) is 25.3 Å². The maximum atomic E-state index is 12.3. The summed E-state index contributed by atoms with van der Waals surface area (Å²) in [4.78, 5) is 35.4. The highest BCUT2D eigenvalue weighted by atomic mass is 16.5. The van der Waals surface area contributed by atoms with Crippen molar-refractivity contribution in [3.8, 4) is 0 Å². The first kappa shape index (κ1) is 17.2. The Morgan fingerprint density at radius 3 is 2.67 bits per heavy atom. The summed E-state index contributed by atoms with van der Waals surface area (Å²) in [7, 11) is 1.26. The van der Waals surface area contributed by atoms with E-state index in [1.807, 2.05) is 0 Å². The molecule has 0 fully saturated rings. The SMILES string of the molecule is C=C1C(=O)N(c2ccc(C(=O)OC)cc2N)N=C1CC(=O)OCC. The van der Waals surface area contributed by atoms with Gasteiger partial charge in [0.25, 0.3) is 5.91 Å². The second kappa shape index (κ2) is 6.95. The molecule has 2 N–H and O–H groups in total. The van der Waals surface area contributed by atoms with Gasteiger partial charge in [-0.25, -0.2) is 4.79 Å². The molecule has 8 nitrogen and oxygen atoms in total. The van der Waals surface area contributed by atoms with E-state index in [4.69, 9.17) is 10.5 Å². The number of hydrogen-bond acceptors (Lipinski definition) is 7. The largest absolute Gasteiger partial charge is 0.466 e. The van der Waals surface area contributed by atoms with Crippen LogP contribution >= 0.6 is 0 Å². The molecular formula is C16H17N3O5. The molecule has 0 aromatic heterocycles. The van der Waals surface area contributed by atoms with Crippen molar-refractivity contribution in [3.63, 3.8) is 0 Å². The summed E-state index contributed by atoms with van der Waals surface area (Å²) < 4.78 is 9.45. The average Bonchev–Trinajstić information content (AvgIpc) is 2.82. The zero-order valence-corrected chi connectivity index (χ0v) is 13.4. The van der Waals surface area contributed by atoms with Crippen LogP contribution in [0.1, 0.15) is 23.7 Å². The van der Waals surface area contributed by atoms with E-state index >= 15 is 0 Å². The van der Waals surface area contributed by atoms with Crippen LogP contribution in [-0.2, 0) is 19.1 Å². The van der Waals surface area contributed by atoms with Crippen LogP contribution in [-0.4, -0.2) is 37.3 Å². The molecule has 1 aliphatic rings. The normalized spacial score (nSPS) is 13.8. The fourth-order valence-electron chi connectivity index (χ4n) is 2.12. The van der Waals surface area contributed by atoms with Gasteiger partial charge in [0.05, 0.1) is 48.4 Å². The number of nitrogens with two attached hydrogens (primary N) is 1. The van der Waals surface area contributed by atoms with Gasteiger partial charge in [-0.3, -0.25) is 9.59 Å². The number of amides is 1. The molecule has 1 aliphatic heterocycles. The van der Waals surface area contributed by atoms with Crippen LogP contribution in [0.4, 0.5) is 11.4 Å². The number of carbonyl (C=O) groups is 3. The van der Waals surface area contributed by atoms with Crippen molar-refractivity contribution in [1.29, 1.82) is 0 Å². The lowest BCUT2D eigenvalue weighted by molar-refractivity contribution is -0.141. The zero-order chi connectivity index (χ0) is 17.9. The topological polar surface area (TPSA) is 111 Å². The number of benzene rings is 1. The molecule has 0 saturated heterocycles. The highest BCUT2D eigenvalue weighted by Crippen LogP contribution is 2.30. The van der Waals surface area contributed by atoms with E-state index in [-0.39, 0.29) is 41.3 Å². The average molecular weight is 331 g/mol. The number of rotatable bonds is 5. The molecule has 0 spiro atoms. The van der Waals surface area contributed by atoms with Crippen LogP contribution in [0.15, 0.2) is 35.5 Å². The van der Waals surface area contributed by atoms with Gasteiger partial charge in [-0.2, -0.15) is 10.1 Å². The fourth-order valence-corrected chi connectivity index (χ4v) is 2.12. The lowest BCUT2D eigenvalue weighted by Gasteiger charge is -2.14. The lowest BCUT2D eigenvalue weighted by atomic mass is 10.1. The second-order valence-electron chi connectivity index (χ2n) is 4.89. The van der Waals surface area contributed by atoms with Crippen LogP contribution in [0.25, 0.3) is 0 Å². The number of nitrogen functional groups attached to an aromatic ring is 1. The Morgan fingerprint density at radius 2 is 2.08 bits per heavy atom. The van der Waals surface area contributed by atoms with Gasteiger partial charge in [-0.15, -0.1) is 0 Å². The molecule has 1 heterocycles. The van der Waals surface area contributed by atoms with Crippen molar-refractivity contribution in [2.75, 3.05) is 24.5 Å². The zero-order valence-electron chi connectivity index (χ0n) is 13.4. The number of esters is 2. The Morgan fingerprint density at radius 1 is 1.38 bits per heavy atom. The van der Waals surface area contributed by atoms with Crippen molar-refractivity contribution in [1.82, 2.24) is 0 Å². The highest BCUT2D eigenvalue weighted by Gasteiger charge is 2.32. The number of anilines is 2. The summed E-state index contributed by atoms with van der Waals surface area (Å²) in [6.07, 6.45) is -0.158. The maximum absolute atomic E-state index is 12.3. The number of hydrazone groups is 1. The summed E-state index contributed by atoms with van der Waals surface area (Å²) in [6, 6.07) is 4.33. The third kappa shape index (κ3) is 3.27. The minimum absolute atomic E-state index is 0.0968. The van der Waals surface area contributed by atoms with Crippen molar-refractivity contribution in [2.24, 2.45) is 5.10 Å². The Balaban J connectivity index is 2.30. The Hall–Kier alpha value is -3.16. The van der Waals surface area contributed by atoms with Crippen molar-refractivity contribution in [3.05, 3.63) is 35.9 Å². The number of hydrogen-bond donors (Lipinski definition) is 1. The smallest absolute Gasteiger partial charge is 0.337 e. The summed E-state index contributed by atoms with van der Waals surface area (Å²) in [5.74, 6) is -1.54. The van der Waals surface area contributed by atoms with E-state index in [1.54, 1.807) is 6.92 Å². The molecular weight excluding hydrogens is 314 g/mol. The van der Waals surface area contributed by atoms with Gasteiger partial charge in [-0.1, -0.05) is 6.58 Å². The third-order valence-electron chi connectivity index (χ3n) is 3.31. The summed E-state index contributed by atoms with van der Waals surface area (Å²) in [5, 5.41) is 5.15. The standard InChI is InChI=1S/C16H17N3O5/c1-4-24-14(20)8-12-9(2)15(21)19(18-12)13-6-5-10(7-11(13)17)16(22)23-3/h5-7H,2,4,8,17H2,1,3H3. The van der Waals surface area contributed by atoms with Gasteiger partial charge in [-0.05, 0) is 25.1 Å². The van der Waals surface area contributed by atoms with Gasteiger partial charge in [0, 0.05) is 0 Å². The molecule has 1 amide bonds. The number of nitrogens with zero attached hydrogens (tertiary/aromatic N) is 2. The molecule has 1 aromatic rings. The molecule has 0 radical (unpaired) electrons. The number of carbonyl (C=O) groups excluding carboxylic acids is 3. The summed E-state index contributed by atoms with van der Waals surface area (Å²) in [6.45, 7) is 5.57. The van der Waals surface area contributed by atoms with E-state index in [2.05, 4.69) is 16.4 Å². The Kier molecular flexibility index (Phi) is 4.98. The quantitative estimate of drug-likeness (QED) is 0.494. The van der Waals surface area contributed by atoms with Crippen LogP contribution in [0.3, 0.4) is 0 Å². The molecule has 1 aromatic carbocycles. The highest BCUT2D eigenvalue weighted by molar-refractivity contribution is 6.32. The maximum Gasteiger partial charge on any atom is 0.337 e. The van der Waals surface area contributed by atoms with Gasteiger partial charge < -0.3 is 15.2 Å². The molecule has 0 aliphatic carbocycles. The number of ether oxygens (including phenoxy) is 2. The molecule has 126 valence electrons. The van der Waals surface area contributed by atoms with E-state index in [0.717, 1.165) is 5.01 Å². The summed E-state index contributed by atoms with van der Waals surface area (Å²) in [5.41, 5.74) is 6.92. The Bertz CT molecular complexity index is 754. The predicted molar refractivity (Wildman–Crippen MR) is 87.5 cm³/mol. The van der Waals surface area contributed by atoms with E-state index in [0.29, 0.717) is 0 Å². The van der Waals surface area contributed by atoms with Gasteiger partial charge in [0.15, 0.2) is 0 Å². The van der Waals surface area contributed by atoms with E-state index < -0.39 is 17.8 Å². The van der Waals surface area contributed by atoms with Crippen molar-refractivity contribution >= 4 is 34.9 Å². The molecule has 0 atom stereocenters. The first-order valence-corrected chi connectivity index (χ1v) is 7.13. The first-order chi connectivity index (χ1) is 11.4. The molecule has 0 unspecified atom stereocenters. The molecule has 0 bridgehead atoms. The van der Waals surface area contributed by atoms with Crippen LogP contribution in [0.2, 0.25) is 0 Å². The first-order valence-electron chi connectivity index (χ1n) is 7.13. The molecule has 24 heavy (non-hydrogen) atoms. The molecule has 0 saturated carbocycles. The minimum Gasteiger partial charge on any atom is -0.466 e. The van der Waals surface area contributed by atoms with Gasteiger partial charge in [0.1, 0.15) is 0 Å². The van der Waals surface area contributed by atoms with Crippen LogP contribution < -0.4 is 10.7 Å². The molecule has 2 rings (SSSR count). The monoisotopic (exact) mass is 331 g/mol. The lowest BCUT2D eigenvalue weighted by Crippen LogP contribution is -2.22. The third-order valence-corrected chi connectivity index (χ3v) is 3.31. The fraction of sp³-hybridized carbons (Fsp3) is 0.250. The van der Waals surface area contributed by atoms with Crippen LogP contribution in [0, 0.1) is 0 Å². The minimum atomic E-state index is -0.545. The molecule has 8 heteroatoms. The number of methoxy groups -OCH3 is 1.